The predicted octanol–water partition coefficient (Wildman–Crippen LogP) is 4.82. The molecule has 0 unspecified atom stereocenters. The highest BCUT2D eigenvalue weighted by atomic mass is 32.2. The molecule has 0 atom stereocenters. The van der Waals surface area contributed by atoms with Crippen LogP contribution in [0.4, 0.5) is 10.8 Å². The third-order valence-electron chi connectivity index (χ3n) is 4.97. The molecule has 0 radical (unpaired) electrons. The number of rotatable bonds is 6. The van der Waals surface area contributed by atoms with Crippen LogP contribution < -0.4 is 10.3 Å². The largest absolute Gasteiger partial charge is 0.433 e. The molecule has 5 aromatic rings. The van der Waals surface area contributed by atoms with E-state index in [1.165, 1.54) is 30.5 Å². The summed E-state index contributed by atoms with van der Waals surface area (Å²) in [6.45, 7) is 0. The molecule has 8 nitrogen and oxygen atoms in total. The monoisotopic (exact) mass is 487 g/mol. The molecular formula is C24H17N5O3S2. The van der Waals surface area contributed by atoms with E-state index in [-0.39, 0.29) is 15.9 Å². The van der Waals surface area contributed by atoms with E-state index in [2.05, 4.69) is 25.0 Å². The number of para-hydroxylation sites is 1. The minimum absolute atomic E-state index is 0.0111. The molecule has 0 aliphatic carbocycles. The standard InChI is InChI=1S/C24H17N5O3S2/c30-23(27-16-8-10-17(11-9-16)34(31,32)29-24-26-13-14-33-24)19-15-22(21-7-3-4-12-25-21)28-20-6-2-1-5-18(19)20/h1-15H,(H2,26,27,29,30). The van der Waals surface area contributed by atoms with Crippen molar-refractivity contribution in [3.63, 3.8) is 0 Å². The Morgan fingerprint density at radius 2 is 1.79 bits per heavy atom. The van der Waals surface area contributed by atoms with Crippen molar-refractivity contribution in [3.8, 4) is 11.4 Å². The van der Waals surface area contributed by atoms with Crippen LogP contribution in [-0.4, -0.2) is 24.3 Å². The first-order chi connectivity index (χ1) is 16.5. The van der Waals surface area contributed by atoms with Crippen LogP contribution >= 0.6 is 11.3 Å². The number of carbonyl (C=O) groups is 1. The van der Waals surface area contributed by atoms with E-state index < -0.39 is 10.0 Å². The number of nitrogens with one attached hydrogen (secondary N) is 2. The molecule has 0 saturated heterocycles. The minimum atomic E-state index is -3.90. The molecule has 0 aliphatic rings. The van der Waals surface area contributed by atoms with Gasteiger partial charge in [-0.05, 0) is 47.8 Å². The molecule has 2 aromatic carbocycles. The van der Waals surface area contributed by atoms with Gasteiger partial charge >= 0.3 is 0 Å². The van der Waals surface area contributed by atoms with Crippen molar-refractivity contribution in [1.29, 1.82) is 0 Å². The second-order valence-corrected chi connectivity index (χ2v) is 9.69. The van der Waals surface area contributed by atoms with Crippen molar-refractivity contribution in [3.05, 3.63) is 101 Å². The van der Waals surface area contributed by atoms with Crippen LogP contribution in [0.5, 0.6) is 0 Å². The van der Waals surface area contributed by atoms with Crippen molar-refractivity contribution in [2.45, 2.75) is 4.90 Å². The van der Waals surface area contributed by atoms with Gasteiger partial charge in [-0.3, -0.25) is 4.79 Å². The van der Waals surface area contributed by atoms with Crippen LogP contribution in [-0.2, 0) is 10.0 Å². The van der Waals surface area contributed by atoms with E-state index in [0.717, 1.165) is 17.0 Å². The average Bonchev–Trinajstić information content (AvgIpc) is 3.36. The van der Waals surface area contributed by atoms with Crippen molar-refractivity contribution in [2.75, 3.05) is 5.32 Å². The molecule has 0 bridgehead atoms. The third-order valence-corrected chi connectivity index (χ3v) is 7.04. The lowest BCUT2D eigenvalue weighted by atomic mass is 10.1. The van der Waals surface area contributed by atoms with E-state index in [0.29, 0.717) is 27.8 Å². The lowest BCUT2D eigenvalue weighted by Gasteiger charge is -2.13. The average molecular weight is 488 g/mol. The highest BCUT2D eigenvalue weighted by Gasteiger charge is 2.17. The lowest BCUT2D eigenvalue weighted by Crippen LogP contribution is -2.14. The topological polar surface area (TPSA) is 117 Å². The first kappa shape index (κ1) is 21.7. The maximum absolute atomic E-state index is 13.2. The smallest absolute Gasteiger partial charge is 0.256 e. The summed E-state index contributed by atoms with van der Waals surface area (Å²) in [5, 5.41) is 5.36. The Balaban J connectivity index is 1.43. The second kappa shape index (κ2) is 9.00. The fourth-order valence-corrected chi connectivity index (χ4v) is 5.05. The van der Waals surface area contributed by atoms with Crippen LogP contribution in [0.3, 0.4) is 0 Å². The molecule has 3 heterocycles. The number of carbonyl (C=O) groups excluding carboxylic acids is 1. The van der Waals surface area contributed by atoms with Gasteiger partial charge in [0, 0.05) is 28.3 Å². The van der Waals surface area contributed by atoms with Crippen molar-refractivity contribution in [2.24, 2.45) is 0 Å². The van der Waals surface area contributed by atoms with Crippen LogP contribution in [0.1, 0.15) is 10.4 Å². The van der Waals surface area contributed by atoms with E-state index in [4.69, 9.17) is 0 Å². The quantitative estimate of drug-likeness (QED) is 0.368. The molecule has 0 saturated carbocycles. The number of pyridine rings is 2. The Morgan fingerprint density at radius 1 is 1.00 bits per heavy atom. The van der Waals surface area contributed by atoms with Gasteiger partial charge in [-0.1, -0.05) is 24.4 Å². The Labute approximate surface area is 199 Å². The minimum Gasteiger partial charge on any atom is -0.433 e. The second-order valence-electron chi connectivity index (χ2n) is 7.21. The molecule has 5 rings (SSSR count). The number of hydrogen-bond acceptors (Lipinski definition) is 6. The molecule has 168 valence electrons. The Hall–Kier alpha value is -4.15. The SMILES string of the molecule is O=C(Nc1ccc(S(=O)(=O)[N-]c2nccs2)cc1)c1cc(-c2cccc[nH+]2)nc2ccccc12. The summed E-state index contributed by atoms with van der Waals surface area (Å²) < 4.78 is 28.7. The predicted molar refractivity (Wildman–Crippen MR) is 130 cm³/mol. The van der Waals surface area contributed by atoms with Gasteiger partial charge in [-0.15, -0.1) is 0 Å². The number of anilines is 1. The van der Waals surface area contributed by atoms with Gasteiger partial charge in [-0.25, -0.2) is 18.4 Å². The molecule has 10 heteroatoms. The number of thiazole rings is 1. The van der Waals surface area contributed by atoms with Gasteiger partial charge in [-0.2, -0.15) is 11.3 Å². The van der Waals surface area contributed by atoms with Crippen LogP contribution in [0, 0.1) is 0 Å². The summed E-state index contributed by atoms with van der Waals surface area (Å²) in [6.07, 6.45) is 3.28. The normalized spacial score (nSPS) is 11.3. The van der Waals surface area contributed by atoms with Crippen molar-refractivity contribution < 1.29 is 18.2 Å². The number of amides is 1. The summed E-state index contributed by atoms with van der Waals surface area (Å²) in [5.74, 6) is -0.334. The number of aromatic amines is 1. The molecule has 0 spiro atoms. The number of fused-ring (bicyclic) bond motifs is 1. The zero-order valence-corrected chi connectivity index (χ0v) is 19.2. The third kappa shape index (κ3) is 4.49. The first-order valence-corrected chi connectivity index (χ1v) is 12.5. The number of nitrogens with zero attached hydrogens (tertiary/aromatic N) is 3. The van der Waals surface area contributed by atoms with Gasteiger partial charge < -0.3 is 15.0 Å². The lowest BCUT2D eigenvalue weighted by molar-refractivity contribution is -0.364. The van der Waals surface area contributed by atoms with Gasteiger partial charge in [0.15, 0.2) is 6.20 Å². The molecule has 34 heavy (non-hydrogen) atoms. The molecule has 3 aromatic heterocycles. The number of hydrogen-bond donors (Lipinski definition) is 1. The van der Waals surface area contributed by atoms with E-state index in [1.807, 2.05) is 42.5 Å². The zero-order valence-electron chi connectivity index (χ0n) is 17.5. The molecular weight excluding hydrogens is 470 g/mol. The molecule has 2 N–H and O–H groups in total. The fourth-order valence-electron chi connectivity index (χ4n) is 3.38. The Bertz CT molecular complexity index is 1570. The fraction of sp³-hybridized carbons (Fsp3) is 0. The first-order valence-electron chi connectivity index (χ1n) is 10.2. The van der Waals surface area contributed by atoms with Gasteiger partial charge in [0.1, 0.15) is 5.69 Å². The van der Waals surface area contributed by atoms with Gasteiger partial charge in [0.05, 0.1) is 16.0 Å². The summed E-state index contributed by atoms with van der Waals surface area (Å²) in [4.78, 5) is 24.9. The number of aromatic nitrogens is 3. The maximum Gasteiger partial charge on any atom is 0.256 e. The summed E-state index contributed by atoms with van der Waals surface area (Å²) >= 11 is 1.13. The van der Waals surface area contributed by atoms with Crippen LogP contribution in [0.2, 0.25) is 0 Å². The van der Waals surface area contributed by atoms with Crippen LogP contribution in [0.25, 0.3) is 27.0 Å². The highest BCUT2D eigenvalue weighted by Crippen LogP contribution is 2.30. The summed E-state index contributed by atoms with van der Waals surface area (Å²) in [5.41, 5.74) is 3.00. The maximum atomic E-state index is 13.2. The molecule has 1 amide bonds. The molecule has 0 aliphatic heterocycles. The number of benzene rings is 2. The van der Waals surface area contributed by atoms with E-state index in [1.54, 1.807) is 17.6 Å². The van der Waals surface area contributed by atoms with Gasteiger partial charge in [0.25, 0.3) is 5.91 Å². The highest BCUT2D eigenvalue weighted by molar-refractivity contribution is 7.94. The summed E-state index contributed by atoms with van der Waals surface area (Å²) in [7, 11) is -3.90. The summed E-state index contributed by atoms with van der Waals surface area (Å²) in [6, 6.07) is 20.6. The number of sulfonamides is 1. The Morgan fingerprint density at radius 3 is 2.53 bits per heavy atom. The van der Waals surface area contributed by atoms with Crippen molar-refractivity contribution in [1.82, 2.24) is 9.97 Å². The van der Waals surface area contributed by atoms with E-state index in [9.17, 15) is 13.2 Å². The Kier molecular flexibility index (Phi) is 5.74. The van der Waals surface area contributed by atoms with E-state index >= 15 is 0 Å². The number of H-pyrrole nitrogens is 1. The van der Waals surface area contributed by atoms with Crippen molar-refractivity contribution >= 4 is 49.0 Å². The molecule has 0 fully saturated rings. The zero-order chi connectivity index (χ0) is 23.5. The van der Waals surface area contributed by atoms with Gasteiger partial charge in [0.2, 0.25) is 15.7 Å². The van der Waals surface area contributed by atoms with Crippen LogP contribution in [0.15, 0.2) is 95.5 Å².